The molecule has 1 saturated heterocycles. The van der Waals surface area contributed by atoms with Crippen molar-refractivity contribution in [3.8, 4) is 17.6 Å². The Labute approximate surface area is 215 Å². The molecule has 1 saturated carbocycles. The van der Waals surface area contributed by atoms with Crippen LogP contribution in [0.25, 0.3) is 0 Å². The monoisotopic (exact) mass is 486 g/mol. The van der Waals surface area contributed by atoms with Crippen molar-refractivity contribution in [2.24, 2.45) is 5.92 Å². The molecule has 5 rings (SSSR count). The maximum Gasteiger partial charge on any atom is 0.412 e. The minimum Gasteiger partial charge on any atom is -0.410 e. The molecular weight excluding hydrogens is 448 g/mol. The van der Waals surface area contributed by atoms with E-state index in [1.54, 1.807) is 0 Å². The highest BCUT2D eigenvalue weighted by atomic mass is 16.6. The van der Waals surface area contributed by atoms with Gasteiger partial charge in [0.2, 0.25) is 0 Å². The van der Waals surface area contributed by atoms with E-state index in [9.17, 15) is 9.90 Å². The largest absolute Gasteiger partial charge is 0.412 e. The van der Waals surface area contributed by atoms with Gasteiger partial charge in [0, 0.05) is 18.5 Å². The fraction of sp³-hybridized carbons (Fsp3) is 0.516. The minimum atomic E-state index is -0.896. The minimum absolute atomic E-state index is 0.0485. The number of carbonyl (C=O) groups excluding carboxylic acids is 1. The average molecular weight is 487 g/mol. The number of aliphatic hydroxyl groups is 1. The number of amides is 1. The first-order chi connectivity index (χ1) is 17.5. The third kappa shape index (κ3) is 5.31. The standard InChI is InChI=1S/C31H38N2O3/c1-2-14-30(35)15-16-31(22-24-8-4-3-5-9-24)26(23-30)11-10-25-21-27(12-13-28(25)31)36-29(34)32-17-20-33-18-6-7-19-33/h3-5,8-9,12-13,21,26,35H,6-7,10-11,15-20,22-23H2,1H3,(H,32,34). The van der Waals surface area contributed by atoms with Crippen molar-refractivity contribution in [3.05, 3.63) is 65.2 Å². The molecule has 3 atom stereocenters. The number of hydrogen-bond donors (Lipinski definition) is 2. The fourth-order valence-electron chi connectivity index (χ4n) is 6.83. The summed E-state index contributed by atoms with van der Waals surface area (Å²) in [6.07, 6.45) is 7.24. The summed E-state index contributed by atoms with van der Waals surface area (Å²) < 4.78 is 5.67. The molecule has 2 fully saturated rings. The molecule has 190 valence electrons. The Kier molecular flexibility index (Phi) is 7.37. The second-order valence-electron chi connectivity index (χ2n) is 10.8. The van der Waals surface area contributed by atoms with Crippen LogP contribution in [0.2, 0.25) is 0 Å². The summed E-state index contributed by atoms with van der Waals surface area (Å²) in [5.74, 6) is 7.01. The molecule has 2 aromatic carbocycles. The molecule has 0 radical (unpaired) electrons. The zero-order valence-corrected chi connectivity index (χ0v) is 21.4. The van der Waals surface area contributed by atoms with Crippen LogP contribution in [0.3, 0.4) is 0 Å². The maximum atomic E-state index is 12.4. The molecule has 2 aliphatic carbocycles. The lowest BCUT2D eigenvalue weighted by atomic mass is 9.52. The Morgan fingerprint density at radius 2 is 1.97 bits per heavy atom. The molecule has 1 amide bonds. The Hall–Kier alpha value is -2.81. The molecule has 5 nitrogen and oxygen atoms in total. The van der Waals surface area contributed by atoms with Crippen LogP contribution in [0.4, 0.5) is 4.79 Å². The molecule has 1 aliphatic heterocycles. The molecule has 3 aliphatic rings. The molecule has 2 aromatic rings. The molecule has 1 heterocycles. The summed E-state index contributed by atoms with van der Waals surface area (Å²) in [5, 5.41) is 14.1. The number of fused-ring (bicyclic) bond motifs is 3. The number of nitrogens with one attached hydrogen (secondary N) is 1. The second kappa shape index (κ2) is 10.7. The van der Waals surface area contributed by atoms with E-state index >= 15 is 0 Å². The number of ether oxygens (including phenoxy) is 1. The fourth-order valence-corrected chi connectivity index (χ4v) is 6.83. The van der Waals surface area contributed by atoms with Crippen LogP contribution in [-0.2, 0) is 18.3 Å². The van der Waals surface area contributed by atoms with Crippen molar-refractivity contribution in [3.63, 3.8) is 0 Å². The van der Waals surface area contributed by atoms with Crippen LogP contribution >= 0.6 is 0 Å². The highest BCUT2D eigenvalue weighted by Gasteiger charge is 2.51. The van der Waals surface area contributed by atoms with Gasteiger partial charge >= 0.3 is 6.09 Å². The summed E-state index contributed by atoms with van der Waals surface area (Å²) in [7, 11) is 0. The van der Waals surface area contributed by atoms with Crippen molar-refractivity contribution in [2.75, 3.05) is 26.2 Å². The number of rotatable bonds is 6. The van der Waals surface area contributed by atoms with Crippen molar-refractivity contribution in [1.29, 1.82) is 0 Å². The normalized spacial score (nSPS) is 27.3. The number of hydrogen-bond acceptors (Lipinski definition) is 4. The van der Waals surface area contributed by atoms with E-state index in [-0.39, 0.29) is 11.5 Å². The summed E-state index contributed by atoms with van der Waals surface area (Å²) in [4.78, 5) is 14.8. The summed E-state index contributed by atoms with van der Waals surface area (Å²) in [5.41, 5.74) is 2.98. The Morgan fingerprint density at radius 3 is 2.75 bits per heavy atom. The zero-order valence-electron chi connectivity index (χ0n) is 21.4. The van der Waals surface area contributed by atoms with E-state index in [1.165, 1.54) is 29.5 Å². The zero-order chi connectivity index (χ0) is 25.0. The Bertz CT molecular complexity index is 1130. The third-order valence-electron chi connectivity index (χ3n) is 8.55. The van der Waals surface area contributed by atoms with Gasteiger partial charge in [-0.1, -0.05) is 42.3 Å². The van der Waals surface area contributed by atoms with Crippen LogP contribution in [0.15, 0.2) is 48.5 Å². The van der Waals surface area contributed by atoms with E-state index < -0.39 is 5.60 Å². The second-order valence-corrected chi connectivity index (χ2v) is 10.8. The molecule has 5 heteroatoms. The topological polar surface area (TPSA) is 61.8 Å². The van der Waals surface area contributed by atoms with E-state index in [1.807, 2.05) is 13.0 Å². The van der Waals surface area contributed by atoms with Gasteiger partial charge in [0.25, 0.3) is 0 Å². The molecule has 0 aromatic heterocycles. The number of benzene rings is 2. The smallest absolute Gasteiger partial charge is 0.410 e. The van der Waals surface area contributed by atoms with Crippen molar-refractivity contribution in [1.82, 2.24) is 10.2 Å². The molecule has 36 heavy (non-hydrogen) atoms. The molecule has 0 bridgehead atoms. The quantitative estimate of drug-likeness (QED) is 0.573. The molecular formula is C31H38N2O3. The summed E-state index contributed by atoms with van der Waals surface area (Å²) >= 11 is 0. The van der Waals surface area contributed by atoms with Crippen LogP contribution < -0.4 is 10.1 Å². The summed E-state index contributed by atoms with van der Waals surface area (Å²) in [6.45, 7) is 5.53. The lowest BCUT2D eigenvalue weighted by molar-refractivity contribution is -0.00804. The van der Waals surface area contributed by atoms with Gasteiger partial charge in [-0.2, -0.15) is 0 Å². The predicted octanol–water partition coefficient (Wildman–Crippen LogP) is 4.85. The lowest BCUT2D eigenvalue weighted by Crippen LogP contribution is -2.50. The number of likely N-dealkylation sites (tertiary alicyclic amines) is 1. The first kappa shape index (κ1) is 24.9. The molecule has 0 spiro atoms. The van der Waals surface area contributed by atoms with E-state index in [0.29, 0.717) is 31.1 Å². The highest BCUT2D eigenvalue weighted by Crippen LogP contribution is 2.54. The van der Waals surface area contributed by atoms with Crippen molar-refractivity contribution in [2.45, 2.75) is 69.3 Å². The van der Waals surface area contributed by atoms with Gasteiger partial charge in [-0.25, -0.2) is 4.79 Å². The predicted molar refractivity (Wildman–Crippen MR) is 142 cm³/mol. The third-order valence-corrected chi connectivity index (χ3v) is 8.55. The van der Waals surface area contributed by atoms with Gasteiger partial charge in [-0.3, -0.25) is 0 Å². The number of nitrogens with zero attached hydrogens (tertiary/aromatic N) is 1. The van der Waals surface area contributed by atoms with E-state index in [2.05, 4.69) is 64.5 Å². The van der Waals surface area contributed by atoms with Gasteiger partial charge in [0.05, 0.1) is 0 Å². The van der Waals surface area contributed by atoms with Gasteiger partial charge < -0.3 is 20.1 Å². The van der Waals surface area contributed by atoms with Crippen molar-refractivity contribution >= 4 is 6.09 Å². The van der Waals surface area contributed by atoms with Gasteiger partial charge in [-0.05, 0) is 106 Å². The van der Waals surface area contributed by atoms with E-state index in [0.717, 1.165) is 45.3 Å². The van der Waals surface area contributed by atoms with Crippen LogP contribution in [0, 0.1) is 17.8 Å². The highest BCUT2D eigenvalue weighted by molar-refractivity contribution is 5.70. The average Bonchev–Trinajstić information content (AvgIpc) is 3.39. The van der Waals surface area contributed by atoms with Crippen LogP contribution in [-0.4, -0.2) is 47.9 Å². The first-order valence-corrected chi connectivity index (χ1v) is 13.5. The van der Waals surface area contributed by atoms with Crippen LogP contribution in [0.5, 0.6) is 5.75 Å². The SMILES string of the molecule is CC#CC1(O)CCC2(Cc3ccccc3)c3ccc(OC(=O)NCCN4CCCC4)cc3CCC2C1. The Balaban J connectivity index is 1.34. The van der Waals surface area contributed by atoms with Gasteiger partial charge in [0.1, 0.15) is 11.4 Å². The van der Waals surface area contributed by atoms with Gasteiger partial charge in [-0.15, -0.1) is 5.92 Å². The molecule has 3 unspecified atom stereocenters. The first-order valence-electron chi connectivity index (χ1n) is 13.5. The van der Waals surface area contributed by atoms with Crippen LogP contribution in [0.1, 0.15) is 62.1 Å². The number of carbonyl (C=O) groups is 1. The lowest BCUT2D eigenvalue weighted by Gasteiger charge is -2.52. The maximum absolute atomic E-state index is 12.4. The summed E-state index contributed by atoms with van der Waals surface area (Å²) in [6, 6.07) is 16.9. The Morgan fingerprint density at radius 1 is 1.17 bits per heavy atom. The van der Waals surface area contributed by atoms with E-state index in [4.69, 9.17) is 4.74 Å². The van der Waals surface area contributed by atoms with Crippen molar-refractivity contribution < 1.29 is 14.6 Å². The number of aryl methyl sites for hydroxylation is 1. The van der Waals surface area contributed by atoms with Gasteiger partial charge in [0.15, 0.2) is 0 Å². The molecule has 2 N–H and O–H groups in total.